The average Bonchev–Trinajstić information content (AvgIpc) is 1.87. The highest BCUT2D eigenvalue weighted by atomic mass is 16.7. The fraction of sp³-hybridized carbons (Fsp3) is 0.833. The Balaban J connectivity index is 0. The van der Waals surface area contributed by atoms with Crippen LogP contribution in [0, 0.1) is 5.92 Å². The molecule has 0 rings (SSSR count). The van der Waals surface area contributed by atoms with Crippen molar-refractivity contribution in [3.8, 4) is 0 Å². The van der Waals surface area contributed by atoms with Gasteiger partial charge in [-0.05, 0) is 7.05 Å². The maximum absolute atomic E-state index is 9.70. The summed E-state index contributed by atoms with van der Waals surface area (Å²) in [5, 5.41) is 33.2. The molecule has 5 N–H and O–H groups in total. The molecule has 0 aliphatic heterocycles. The van der Waals surface area contributed by atoms with Crippen LogP contribution < -0.4 is 5.32 Å². The Hall–Kier alpha value is -0.690. The number of rotatable bonds is 2. The molecule has 0 atom stereocenters. The Morgan fingerprint density at radius 2 is 1.50 bits per heavy atom. The zero-order valence-electron chi connectivity index (χ0n) is 7.27. The van der Waals surface area contributed by atoms with Crippen molar-refractivity contribution in [1.29, 1.82) is 0 Å². The van der Waals surface area contributed by atoms with E-state index in [1.54, 1.807) is 19.2 Å². The van der Waals surface area contributed by atoms with Gasteiger partial charge in [-0.2, -0.15) is 0 Å². The summed E-state index contributed by atoms with van der Waals surface area (Å²) in [6, 6.07) is 0. The van der Waals surface area contributed by atoms with Crippen molar-refractivity contribution in [2.45, 2.75) is 19.9 Å². The lowest BCUT2D eigenvalue weighted by atomic mass is 10.2. The Labute approximate surface area is 70.5 Å². The van der Waals surface area contributed by atoms with Gasteiger partial charge in [-0.3, -0.25) is 4.79 Å². The van der Waals surface area contributed by atoms with E-state index in [4.69, 9.17) is 20.4 Å². The first-order valence-corrected chi connectivity index (χ1v) is 3.29. The number of carboxylic acids is 1. The van der Waals surface area contributed by atoms with E-state index in [1.807, 2.05) is 0 Å². The molecule has 0 radical (unpaired) electrons. The molecule has 0 bridgehead atoms. The molecule has 0 aromatic carbocycles. The van der Waals surface area contributed by atoms with Crippen LogP contribution in [-0.4, -0.2) is 39.5 Å². The molecule has 0 saturated carbocycles. The molecule has 0 aliphatic rings. The quantitative estimate of drug-likeness (QED) is 0.332. The molecule has 74 valence electrons. The van der Waals surface area contributed by atoms with Crippen molar-refractivity contribution in [1.82, 2.24) is 5.32 Å². The first-order chi connectivity index (χ1) is 5.20. The van der Waals surface area contributed by atoms with Crippen LogP contribution in [0.2, 0.25) is 0 Å². The van der Waals surface area contributed by atoms with E-state index in [0.717, 1.165) is 0 Å². The van der Waals surface area contributed by atoms with Gasteiger partial charge in [0.1, 0.15) is 0 Å². The van der Waals surface area contributed by atoms with Crippen LogP contribution in [0.3, 0.4) is 0 Å². The second-order valence-corrected chi connectivity index (χ2v) is 2.38. The predicted molar refractivity (Wildman–Crippen MR) is 40.9 cm³/mol. The van der Waals surface area contributed by atoms with E-state index in [9.17, 15) is 4.79 Å². The van der Waals surface area contributed by atoms with E-state index in [1.165, 1.54) is 7.05 Å². The fourth-order valence-electron chi connectivity index (χ4n) is 0. The molecule has 0 aliphatic carbocycles. The second kappa shape index (κ2) is 5.90. The highest BCUT2D eigenvalue weighted by Gasteiger charge is 2.11. The molecule has 0 aromatic rings. The number of aliphatic carboxylic acids is 1. The minimum Gasteiger partial charge on any atom is -0.481 e. The van der Waals surface area contributed by atoms with Gasteiger partial charge in [0.05, 0.1) is 5.92 Å². The number of hydrogen-bond donors (Lipinski definition) is 5. The molecule has 0 saturated heterocycles. The third-order valence-corrected chi connectivity index (χ3v) is 0.829. The number of carboxylic acid groups (broad SMARTS) is 1. The highest BCUT2D eigenvalue weighted by Crippen LogP contribution is 1.87. The molecule has 0 spiro atoms. The van der Waals surface area contributed by atoms with Crippen molar-refractivity contribution in [2.75, 3.05) is 7.05 Å². The lowest BCUT2D eigenvalue weighted by molar-refractivity contribution is -0.328. The van der Waals surface area contributed by atoms with Crippen molar-refractivity contribution in [2.24, 2.45) is 5.92 Å². The van der Waals surface area contributed by atoms with Crippen molar-refractivity contribution >= 4 is 5.97 Å². The number of carbonyl (C=O) groups is 1. The summed E-state index contributed by atoms with van der Waals surface area (Å²) >= 11 is 0. The molecule has 12 heavy (non-hydrogen) atoms. The van der Waals surface area contributed by atoms with Gasteiger partial charge in [-0.15, -0.1) is 0 Å². The zero-order valence-corrected chi connectivity index (χ0v) is 7.27. The van der Waals surface area contributed by atoms with Crippen LogP contribution in [0.15, 0.2) is 0 Å². The largest absolute Gasteiger partial charge is 0.481 e. The zero-order chi connectivity index (χ0) is 10.4. The molecule has 0 amide bonds. The Morgan fingerprint density at radius 3 is 1.50 bits per heavy atom. The maximum atomic E-state index is 9.70. The van der Waals surface area contributed by atoms with Crippen LogP contribution in [0.25, 0.3) is 0 Å². The average molecular weight is 181 g/mol. The van der Waals surface area contributed by atoms with Gasteiger partial charge in [0.2, 0.25) is 0 Å². The second-order valence-electron chi connectivity index (χ2n) is 2.38. The molecule has 0 aromatic heterocycles. The highest BCUT2D eigenvalue weighted by molar-refractivity contribution is 5.68. The summed E-state index contributed by atoms with van der Waals surface area (Å²) < 4.78 is 0. The Bertz CT molecular complexity index is 128. The van der Waals surface area contributed by atoms with Crippen molar-refractivity contribution in [3.63, 3.8) is 0 Å². The van der Waals surface area contributed by atoms with E-state index < -0.39 is 12.1 Å². The van der Waals surface area contributed by atoms with Crippen molar-refractivity contribution < 1.29 is 25.2 Å². The monoisotopic (exact) mass is 181 g/mol. The van der Waals surface area contributed by atoms with Gasteiger partial charge >= 0.3 is 12.1 Å². The fourth-order valence-corrected chi connectivity index (χ4v) is 0. The summed E-state index contributed by atoms with van der Waals surface area (Å²) in [4.78, 5) is 9.70. The number of hydrogen-bond acceptors (Lipinski definition) is 5. The molecule has 6 heteroatoms. The predicted octanol–water partition coefficient (Wildman–Crippen LogP) is -1.48. The third-order valence-electron chi connectivity index (χ3n) is 0.829. The molecule has 0 unspecified atom stereocenters. The van der Waals surface area contributed by atoms with Crippen LogP contribution in [-0.2, 0) is 4.79 Å². The van der Waals surface area contributed by atoms with Gasteiger partial charge < -0.3 is 20.4 Å². The van der Waals surface area contributed by atoms with Gasteiger partial charge in [-0.1, -0.05) is 13.8 Å². The van der Waals surface area contributed by atoms with Gasteiger partial charge in [0.25, 0.3) is 0 Å². The number of nitrogens with one attached hydrogen (secondary N) is 1. The van der Waals surface area contributed by atoms with Crippen LogP contribution in [0.4, 0.5) is 0 Å². The summed E-state index contributed by atoms with van der Waals surface area (Å²) in [7, 11) is 1.21. The SMILES string of the molecule is CC(C)C(=O)O.CNC(O)(O)O. The molecular weight excluding hydrogens is 166 g/mol. The molecule has 0 heterocycles. The first kappa shape index (κ1) is 13.9. The minimum absolute atomic E-state index is 0.231. The smallest absolute Gasteiger partial charge is 0.342 e. The molecule has 6 nitrogen and oxygen atoms in total. The minimum atomic E-state index is -2.71. The van der Waals surface area contributed by atoms with Crippen LogP contribution >= 0.6 is 0 Å². The summed E-state index contributed by atoms with van der Waals surface area (Å²) in [5.41, 5.74) is 0. The summed E-state index contributed by atoms with van der Waals surface area (Å²) in [6.45, 7) is 3.28. The van der Waals surface area contributed by atoms with Gasteiger partial charge in [0, 0.05) is 0 Å². The Kier molecular flexibility index (Phi) is 6.82. The maximum Gasteiger partial charge on any atom is 0.342 e. The lowest BCUT2D eigenvalue weighted by Crippen LogP contribution is -2.41. The molecule has 0 fully saturated rings. The Morgan fingerprint density at radius 1 is 1.33 bits per heavy atom. The summed E-state index contributed by atoms with van der Waals surface area (Å²) in [6.07, 6.45) is -2.71. The standard InChI is InChI=1S/C4H8O2.C2H7NO3/c1-3(2)4(5)6;1-3-2(4,5)6/h3H,1-2H3,(H,5,6);3-6H,1H3. The van der Waals surface area contributed by atoms with Crippen molar-refractivity contribution in [3.05, 3.63) is 0 Å². The van der Waals surface area contributed by atoms with Crippen LogP contribution in [0.1, 0.15) is 13.8 Å². The van der Waals surface area contributed by atoms with Crippen LogP contribution in [0.5, 0.6) is 0 Å². The summed E-state index contributed by atoms with van der Waals surface area (Å²) in [5.74, 6) is -0.972. The normalized spacial score (nSPS) is 10.6. The molecular formula is C6H15NO5. The van der Waals surface area contributed by atoms with E-state index in [0.29, 0.717) is 0 Å². The topological polar surface area (TPSA) is 110 Å². The third kappa shape index (κ3) is 16.1. The van der Waals surface area contributed by atoms with E-state index in [-0.39, 0.29) is 5.92 Å². The van der Waals surface area contributed by atoms with Gasteiger partial charge in [0.15, 0.2) is 0 Å². The van der Waals surface area contributed by atoms with E-state index in [2.05, 4.69) is 0 Å². The lowest BCUT2D eigenvalue weighted by Gasteiger charge is -2.09. The van der Waals surface area contributed by atoms with Gasteiger partial charge in [-0.25, -0.2) is 5.32 Å². The van der Waals surface area contributed by atoms with E-state index >= 15 is 0 Å². The first-order valence-electron chi connectivity index (χ1n) is 3.29. The number of aliphatic hydroxyl groups is 3.